The third-order valence-corrected chi connectivity index (χ3v) is 8.64. The van der Waals surface area contributed by atoms with Crippen LogP contribution in [0.15, 0.2) is 66.7 Å². The van der Waals surface area contributed by atoms with Crippen molar-refractivity contribution < 1.29 is 18.7 Å². The zero-order valence-corrected chi connectivity index (χ0v) is 25.2. The van der Waals surface area contributed by atoms with Crippen LogP contribution >= 0.6 is 0 Å². The lowest BCUT2D eigenvalue weighted by Gasteiger charge is -2.41. The Bertz CT molecular complexity index is 1410. The standard InChI is InChI=1S/C35H42FN3O3/c1-22-9-6-13-29(36)31(22)34(41)39-19-8-12-28(33(40)38-27-11-7-10-25(21-27)35(3,4)5)32(39)24-14-16-26(17-15-24)37-30-18-20-42-23(30)2/h6-7,9-11,13-17,21,23,28,30,32,37H,8,12,18-20H2,1-5H3,(H,38,40)/t23?,28-,30?,32-/m0/s1. The van der Waals surface area contributed by atoms with Crippen LogP contribution < -0.4 is 10.6 Å². The maximum absolute atomic E-state index is 15.0. The molecule has 2 fully saturated rings. The third kappa shape index (κ3) is 6.36. The SMILES string of the molecule is Cc1cccc(F)c1C(=O)N1CCC[C@H](C(=O)Nc2cccc(C(C)(C)C)c2)[C@@H]1c1ccc(NC2CCOC2C)cc1. The molecule has 4 atom stereocenters. The number of aryl methyl sites for hydroxylation is 1. The van der Waals surface area contributed by atoms with Gasteiger partial charge in [-0.2, -0.15) is 0 Å². The maximum Gasteiger partial charge on any atom is 0.257 e. The van der Waals surface area contributed by atoms with Crippen molar-refractivity contribution >= 4 is 23.2 Å². The Kier molecular flexibility index (Phi) is 8.69. The van der Waals surface area contributed by atoms with Gasteiger partial charge in [-0.15, -0.1) is 0 Å². The minimum atomic E-state index is -0.545. The van der Waals surface area contributed by atoms with Crippen LogP contribution in [0.3, 0.4) is 0 Å². The highest BCUT2D eigenvalue weighted by atomic mass is 19.1. The van der Waals surface area contributed by atoms with Crippen LogP contribution in [0.25, 0.3) is 0 Å². The molecule has 0 aromatic heterocycles. The maximum atomic E-state index is 15.0. The number of nitrogens with one attached hydrogen (secondary N) is 2. The zero-order chi connectivity index (χ0) is 30.0. The van der Waals surface area contributed by atoms with E-state index in [-0.39, 0.29) is 34.9 Å². The molecule has 0 spiro atoms. The molecule has 2 unspecified atom stereocenters. The first kappa shape index (κ1) is 29.8. The Morgan fingerprint density at radius 3 is 2.38 bits per heavy atom. The number of hydrogen-bond acceptors (Lipinski definition) is 4. The quantitative estimate of drug-likeness (QED) is 0.327. The highest BCUT2D eigenvalue weighted by molar-refractivity contribution is 5.98. The van der Waals surface area contributed by atoms with E-state index in [0.29, 0.717) is 24.9 Å². The van der Waals surface area contributed by atoms with Gasteiger partial charge in [0.25, 0.3) is 5.91 Å². The molecule has 2 aliphatic rings. The molecule has 0 aliphatic carbocycles. The molecule has 7 heteroatoms. The molecule has 2 N–H and O–H groups in total. The highest BCUT2D eigenvalue weighted by Gasteiger charge is 2.40. The topological polar surface area (TPSA) is 70.7 Å². The van der Waals surface area contributed by atoms with E-state index in [9.17, 15) is 14.0 Å². The Labute approximate surface area is 248 Å². The number of carbonyl (C=O) groups is 2. The van der Waals surface area contributed by atoms with E-state index in [1.165, 1.54) is 6.07 Å². The van der Waals surface area contributed by atoms with Gasteiger partial charge in [0.1, 0.15) is 5.82 Å². The third-order valence-electron chi connectivity index (χ3n) is 8.64. The number of benzene rings is 3. The number of anilines is 2. The minimum Gasteiger partial charge on any atom is -0.380 e. The predicted molar refractivity (Wildman–Crippen MR) is 165 cm³/mol. The van der Waals surface area contributed by atoms with E-state index < -0.39 is 17.8 Å². The van der Waals surface area contributed by atoms with Gasteiger partial charge in [0.05, 0.1) is 29.7 Å². The van der Waals surface area contributed by atoms with Crippen LogP contribution in [0, 0.1) is 18.7 Å². The second kappa shape index (κ2) is 12.3. The second-order valence-electron chi connectivity index (χ2n) is 12.7. The summed E-state index contributed by atoms with van der Waals surface area (Å²) in [6.07, 6.45) is 2.33. The van der Waals surface area contributed by atoms with Crippen molar-refractivity contribution in [3.8, 4) is 0 Å². The summed E-state index contributed by atoms with van der Waals surface area (Å²) in [5.74, 6) is -1.58. The van der Waals surface area contributed by atoms with Crippen LogP contribution in [0.5, 0.6) is 0 Å². The van der Waals surface area contributed by atoms with Gasteiger partial charge in [0, 0.05) is 24.5 Å². The highest BCUT2D eigenvalue weighted by Crippen LogP contribution is 2.39. The summed E-state index contributed by atoms with van der Waals surface area (Å²) < 4.78 is 20.7. The van der Waals surface area contributed by atoms with Gasteiger partial charge >= 0.3 is 0 Å². The summed E-state index contributed by atoms with van der Waals surface area (Å²) in [6.45, 7) is 11.4. The molecule has 0 saturated carbocycles. The number of rotatable bonds is 6. The fraction of sp³-hybridized carbons (Fsp3) is 0.429. The minimum absolute atomic E-state index is 0.0624. The molecule has 222 valence electrons. The molecule has 2 aliphatic heterocycles. The van der Waals surface area contributed by atoms with Crippen molar-refractivity contribution in [1.29, 1.82) is 0 Å². The van der Waals surface area contributed by atoms with Crippen LogP contribution in [0.2, 0.25) is 0 Å². The molecule has 3 aromatic carbocycles. The number of ether oxygens (including phenoxy) is 1. The average molecular weight is 572 g/mol. The number of carbonyl (C=O) groups excluding carboxylic acids is 2. The van der Waals surface area contributed by atoms with Gasteiger partial charge in [0.2, 0.25) is 5.91 Å². The lowest BCUT2D eigenvalue weighted by atomic mass is 9.83. The van der Waals surface area contributed by atoms with Gasteiger partial charge in [-0.3, -0.25) is 9.59 Å². The van der Waals surface area contributed by atoms with Gasteiger partial charge in [0.15, 0.2) is 0 Å². The monoisotopic (exact) mass is 571 g/mol. The molecule has 0 bridgehead atoms. The van der Waals surface area contributed by atoms with E-state index in [1.807, 2.05) is 42.5 Å². The Morgan fingerprint density at radius 1 is 0.976 bits per heavy atom. The van der Waals surface area contributed by atoms with Crippen LogP contribution in [0.1, 0.15) is 80.0 Å². The van der Waals surface area contributed by atoms with E-state index in [4.69, 9.17) is 4.74 Å². The molecule has 2 saturated heterocycles. The van der Waals surface area contributed by atoms with Crippen LogP contribution in [0.4, 0.5) is 15.8 Å². The Hall–Kier alpha value is -3.71. The van der Waals surface area contributed by atoms with Gasteiger partial charge < -0.3 is 20.3 Å². The summed E-state index contributed by atoms with van der Waals surface area (Å²) >= 11 is 0. The molecule has 5 rings (SSSR count). The van der Waals surface area contributed by atoms with E-state index in [0.717, 1.165) is 35.5 Å². The number of piperidine rings is 1. The number of likely N-dealkylation sites (tertiary alicyclic amines) is 1. The summed E-state index contributed by atoms with van der Waals surface area (Å²) in [5, 5.41) is 6.68. The summed E-state index contributed by atoms with van der Waals surface area (Å²) in [7, 11) is 0. The van der Waals surface area contributed by atoms with E-state index >= 15 is 0 Å². The predicted octanol–water partition coefficient (Wildman–Crippen LogP) is 7.25. The molecule has 0 radical (unpaired) electrons. The van der Waals surface area contributed by atoms with Crippen molar-refractivity contribution in [2.75, 3.05) is 23.8 Å². The van der Waals surface area contributed by atoms with Gasteiger partial charge in [-0.25, -0.2) is 4.39 Å². The second-order valence-corrected chi connectivity index (χ2v) is 12.7. The average Bonchev–Trinajstić information content (AvgIpc) is 3.36. The normalized spacial score (nSPS) is 22.6. The van der Waals surface area contributed by atoms with Crippen molar-refractivity contribution in [1.82, 2.24) is 4.90 Å². The van der Waals surface area contributed by atoms with Crippen molar-refractivity contribution in [3.63, 3.8) is 0 Å². The lowest BCUT2D eigenvalue weighted by molar-refractivity contribution is -0.123. The van der Waals surface area contributed by atoms with Crippen molar-refractivity contribution in [2.24, 2.45) is 5.92 Å². The largest absolute Gasteiger partial charge is 0.380 e. The fourth-order valence-corrected chi connectivity index (χ4v) is 6.17. The van der Waals surface area contributed by atoms with Crippen molar-refractivity contribution in [3.05, 3.63) is 94.8 Å². The molecule has 2 amide bonds. The first-order chi connectivity index (χ1) is 20.0. The first-order valence-corrected chi connectivity index (χ1v) is 15.0. The number of halogens is 1. The first-order valence-electron chi connectivity index (χ1n) is 15.0. The molecule has 3 aromatic rings. The van der Waals surface area contributed by atoms with Gasteiger partial charge in [-0.1, -0.05) is 57.2 Å². The van der Waals surface area contributed by atoms with Gasteiger partial charge in [-0.05, 0) is 85.5 Å². The summed E-state index contributed by atoms with van der Waals surface area (Å²) in [5.41, 5.74) is 4.24. The zero-order valence-electron chi connectivity index (χ0n) is 25.2. The van der Waals surface area contributed by atoms with Crippen molar-refractivity contribution in [2.45, 2.75) is 77.5 Å². The fourth-order valence-electron chi connectivity index (χ4n) is 6.17. The molecular formula is C35H42FN3O3. The number of amides is 2. The van der Waals surface area contributed by atoms with Crippen LogP contribution in [-0.4, -0.2) is 42.0 Å². The van der Waals surface area contributed by atoms with E-state index in [2.05, 4.69) is 44.4 Å². The smallest absolute Gasteiger partial charge is 0.257 e. The van der Waals surface area contributed by atoms with E-state index in [1.54, 1.807) is 24.0 Å². The van der Waals surface area contributed by atoms with Crippen LogP contribution in [-0.2, 0) is 14.9 Å². The molecule has 2 heterocycles. The Morgan fingerprint density at radius 2 is 1.71 bits per heavy atom. The Balaban J connectivity index is 1.47. The summed E-state index contributed by atoms with van der Waals surface area (Å²) in [4.78, 5) is 29.6. The summed E-state index contributed by atoms with van der Waals surface area (Å²) in [6, 6.07) is 20.2. The number of hydrogen-bond donors (Lipinski definition) is 2. The lowest BCUT2D eigenvalue weighted by Crippen LogP contribution is -2.46. The number of nitrogens with zero attached hydrogens (tertiary/aromatic N) is 1. The molecule has 42 heavy (non-hydrogen) atoms. The molecular weight excluding hydrogens is 529 g/mol. The molecule has 6 nitrogen and oxygen atoms in total.